The molecule has 0 aromatic heterocycles. The Balaban J connectivity index is 0.00000144. The molecule has 6 heteroatoms. The Bertz CT molecular complexity index is 207. The Morgan fingerprint density at radius 3 is 2.94 bits per heavy atom. The topological polar surface area (TPSA) is 59.6 Å². The largest absolute Gasteiger partial charge is 0.379 e. The highest BCUT2D eigenvalue weighted by Gasteiger charge is 2.20. The predicted octanol–water partition coefficient (Wildman–Crippen LogP) is 0.0819. The van der Waals surface area contributed by atoms with Gasteiger partial charge in [0.05, 0.1) is 31.8 Å². The van der Waals surface area contributed by atoms with Crippen molar-refractivity contribution >= 4 is 18.3 Å². The van der Waals surface area contributed by atoms with E-state index < -0.39 is 0 Å². The summed E-state index contributed by atoms with van der Waals surface area (Å²) < 4.78 is 10.8. The molecule has 0 radical (unpaired) electrons. The molecule has 2 aliphatic rings. The third-order valence-electron chi connectivity index (χ3n) is 2.94. The first-order chi connectivity index (χ1) is 7.84. The molecule has 2 heterocycles. The molecule has 2 rings (SSSR count). The van der Waals surface area contributed by atoms with Crippen LogP contribution in [0.2, 0.25) is 0 Å². The number of amides is 1. The highest BCUT2D eigenvalue weighted by Crippen LogP contribution is 2.07. The summed E-state index contributed by atoms with van der Waals surface area (Å²) in [6.45, 7) is 3.82. The maximum atomic E-state index is 11.7. The number of morpholine rings is 1. The SMILES string of the molecule is Cl.O=C(CC1CNCCO1)NC1CCCOC1. The van der Waals surface area contributed by atoms with Crippen LogP contribution >= 0.6 is 12.4 Å². The molecule has 17 heavy (non-hydrogen) atoms. The van der Waals surface area contributed by atoms with Gasteiger partial charge in [-0.25, -0.2) is 0 Å². The summed E-state index contributed by atoms with van der Waals surface area (Å²) in [5.41, 5.74) is 0. The summed E-state index contributed by atoms with van der Waals surface area (Å²) in [6.07, 6.45) is 2.53. The number of halogens is 1. The fourth-order valence-corrected chi connectivity index (χ4v) is 2.10. The molecule has 1 amide bonds. The second-order valence-electron chi connectivity index (χ2n) is 4.38. The van der Waals surface area contributed by atoms with Crippen molar-refractivity contribution in [1.82, 2.24) is 10.6 Å². The number of hydrogen-bond donors (Lipinski definition) is 2. The minimum Gasteiger partial charge on any atom is -0.379 e. The van der Waals surface area contributed by atoms with Crippen molar-refractivity contribution in [2.24, 2.45) is 0 Å². The molecule has 0 aromatic carbocycles. The van der Waals surface area contributed by atoms with Crippen molar-refractivity contribution < 1.29 is 14.3 Å². The molecule has 2 unspecified atom stereocenters. The van der Waals surface area contributed by atoms with Crippen molar-refractivity contribution in [2.45, 2.75) is 31.4 Å². The van der Waals surface area contributed by atoms with E-state index in [2.05, 4.69) is 10.6 Å². The fraction of sp³-hybridized carbons (Fsp3) is 0.909. The molecule has 0 spiro atoms. The minimum atomic E-state index is 0. The lowest BCUT2D eigenvalue weighted by molar-refractivity contribution is -0.126. The van der Waals surface area contributed by atoms with Crippen LogP contribution in [0.4, 0.5) is 0 Å². The number of ether oxygens (including phenoxy) is 2. The average molecular weight is 265 g/mol. The van der Waals surface area contributed by atoms with Gasteiger partial charge in [0, 0.05) is 19.7 Å². The van der Waals surface area contributed by atoms with Gasteiger partial charge >= 0.3 is 0 Å². The summed E-state index contributed by atoms with van der Waals surface area (Å²) in [7, 11) is 0. The van der Waals surface area contributed by atoms with E-state index in [1.807, 2.05) is 0 Å². The standard InChI is InChI=1S/C11H20N2O3.ClH/c14-11(6-10-7-12-3-5-16-10)13-9-2-1-4-15-8-9;/h9-10,12H,1-8H2,(H,13,14);1H. The first kappa shape index (κ1) is 14.7. The number of carbonyl (C=O) groups excluding carboxylic acids is 1. The second-order valence-corrected chi connectivity index (χ2v) is 4.38. The fourth-order valence-electron chi connectivity index (χ4n) is 2.10. The zero-order valence-corrected chi connectivity index (χ0v) is 10.8. The van der Waals surface area contributed by atoms with Crippen LogP contribution in [0.15, 0.2) is 0 Å². The summed E-state index contributed by atoms with van der Waals surface area (Å²) in [4.78, 5) is 11.7. The third kappa shape index (κ3) is 5.21. The van der Waals surface area contributed by atoms with Gasteiger partial charge in [0.15, 0.2) is 0 Å². The molecule has 2 aliphatic heterocycles. The lowest BCUT2D eigenvalue weighted by Gasteiger charge is -2.26. The Morgan fingerprint density at radius 2 is 2.29 bits per heavy atom. The zero-order valence-electron chi connectivity index (χ0n) is 9.94. The van der Waals surface area contributed by atoms with Gasteiger partial charge in [-0.2, -0.15) is 0 Å². The summed E-state index contributed by atoms with van der Waals surface area (Å²) in [6, 6.07) is 0.192. The van der Waals surface area contributed by atoms with Crippen molar-refractivity contribution in [3.63, 3.8) is 0 Å². The molecule has 0 aliphatic carbocycles. The van der Waals surface area contributed by atoms with Crippen LogP contribution in [0.5, 0.6) is 0 Å². The van der Waals surface area contributed by atoms with Crippen molar-refractivity contribution in [1.29, 1.82) is 0 Å². The quantitative estimate of drug-likeness (QED) is 0.758. The van der Waals surface area contributed by atoms with Crippen LogP contribution in [-0.2, 0) is 14.3 Å². The van der Waals surface area contributed by atoms with Crippen molar-refractivity contribution in [2.75, 3.05) is 32.9 Å². The summed E-state index contributed by atoms with van der Waals surface area (Å²) in [5, 5.41) is 6.21. The number of nitrogens with one attached hydrogen (secondary N) is 2. The van der Waals surface area contributed by atoms with Crippen molar-refractivity contribution in [3.8, 4) is 0 Å². The molecular weight excluding hydrogens is 244 g/mol. The smallest absolute Gasteiger partial charge is 0.222 e. The first-order valence-corrected chi connectivity index (χ1v) is 6.04. The van der Waals surface area contributed by atoms with Gasteiger partial charge < -0.3 is 20.1 Å². The maximum absolute atomic E-state index is 11.7. The van der Waals surface area contributed by atoms with Gasteiger partial charge in [0.25, 0.3) is 0 Å². The molecule has 2 atom stereocenters. The van der Waals surface area contributed by atoms with Gasteiger partial charge in [-0.3, -0.25) is 4.79 Å². The van der Waals surface area contributed by atoms with Gasteiger partial charge in [0.1, 0.15) is 0 Å². The third-order valence-corrected chi connectivity index (χ3v) is 2.94. The van der Waals surface area contributed by atoms with E-state index >= 15 is 0 Å². The molecule has 5 nitrogen and oxygen atoms in total. The molecule has 0 aromatic rings. The van der Waals surface area contributed by atoms with E-state index in [0.29, 0.717) is 19.6 Å². The van der Waals surface area contributed by atoms with E-state index in [4.69, 9.17) is 9.47 Å². The Morgan fingerprint density at radius 1 is 1.41 bits per heavy atom. The first-order valence-electron chi connectivity index (χ1n) is 6.04. The van der Waals surface area contributed by atoms with E-state index in [9.17, 15) is 4.79 Å². The Hall–Kier alpha value is -0.360. The Kier molecular flexibility index (Phi) is 6.80. The lowest BCUT2D eigenvalue weighted by Crippen LogP contribution is -2.45. The molecule has 0 saturated carbocycles. The highest BCUT2D eigenvalue weighted by molar-refractivity contribution is 5.85. The van der Waals surface area contributed by atoms with Gasteiger partial charge in [-0.1, -0.05) is 0 Å². The second kappa shape index (κ2) is 7.87. The van der Waals surface area contributed by atoms with Gasteiger partial charge in [0.2, 0.25) is 5.91 Å². The molecular formula is C11H21ClN2O3. The monoisotopic (exact) mass is 264 g/mol. The summed E-state index contributed by atoms with van der Waals surface area (Å²) in [5.74, 6) is 0.0733. The van der Waals surface area contributed by atoms with E-state index in [-0.39, 0.29) is 30.5 Å². The summed E-state index contributed by atoms with van der Waals surface area (Å²) >= 11 is 0. The molecule has 2 N–H and O–H groups in total. The average Bonchev–Trinajstić information content (AvgIpc) is 2.31. The lowest BCUT2D eigenvalue weighted by atomic mass is 10.1. The number of carbonyl (C=O) groups is 1. The molecule has 2 fully saturated rings. The Labute approximate surface area is 108 Å². The minimum absolute atomic E-state index is 0. The highest BCUT2D eigenvalue weighted by atomic mass is 35.5. The van der Waals surface area contributed by atoms with Crippen LogP contribution in [0.25, 0.3) is 0 Å². The normalized spacial score (nSPS) is 29.2. The molecule has 0 bridgehead atoms. The van der Waals surface area contributed by atoms with Crippen LogP contribution in [0, 0.1) is 0 Å². The van der Waals surface area contributed by atoms with E-state index in [0.717, 1.165) is 32.5 Å². The number of hydrogen-bond acceptors (Lipinski definition) is 4. The number of rotatable bonds is 3. The van der Waals surface area contributed by atoms with E-state index in [1.165, 1.54) is 0 Å². The molecule has 100 valence electrons. The van der Waals surface area contributed by atoms with Gasteiger partial charge in [-0.05, 0) is 12.8 Å². The predicted molar refractivity (Wildman–Crippen MR) is 66.5 cm³/mol. The van der Waals surface area contributed by atoms with Crippen LogP contribution < -0.4 is 10.6 Å². The van der Waals surface area contributed by atoms with Crippen LogP contribution in [0.1, 0.15) is 19.3 Å². The van der Waals surface area contributed by atoms with E-state index in [1.54, 1.807) is 0 Å². The van der Waals surface area contributed by atoms with Crippen molar-refractivity contribution in [3.05, 3.63) is 0 Å². The van der Waals surface area contributed by atoms with Gasteiger partial charge in [-0.15, -0.1) is 12.4 Å². The van der Waals surface area contributed by atoms with Crippen LogP contribution in [-0.4, -0.2) is 51.0 Å². The molecule has 2 saturated heterocycles. The maximum Gasteiger partial charge on any atom is 0.222 e. The zero-order chi connectivity index (χ0) is 11.2. The van der Waals surface area contributed by atoms with Crippen LogP contribution in [0.3, 0.4) is 0 Å².